The van der Waals surface area contributed by atoms with Gasteiger partial charge in [0.2, 0.25) is 0 Å². The molecule has 2 aliphatic rings. The lowest BCUT2D eigenvalue weighted by molar-refractivity contribution is 0.436. The minimum Gasteiger partial charge on any atom is -0.457 e. The van der Waals surface area contributed by atoms with E-state index in [0.29, 0.717) is 5.02 Å². The lowest BCUT2D eigenvalue weighted by Gasteiger charge is -2.40. The topological polar surface area (TPSA) is 28.9 Å². The Hall–Kier alpha value is -9.65. The van der Waals surface area contributed by atoms with Crippen LogP contribution in [0.2, 0.25) is 5.02 Å². The van der Waals surface area contributed by atoms with Gasteiger partial charge in [-0.1, -0.05) is 188 Å². The summed E-state index contributed by atoms with van der Waals surface area (Å²) in [6.45, 7) is 0. The average molecular weight is 1050 g/mol. The number of anilines is 6. The van der Waals surface area contributed by atoms with Crippen LogP contribution in [-0.2, 0) is 5.41 Å². The second kappa shape index (κ2) is 18.0. The zero-order chi connectivity index (χ0) is 52.2. The van der Waals surface area contributed by atoms with Gasteiger partial charge in [-0.25, -0.2) is 0 Å². The predicted octanol–water partition coefficient (Wildman–Crippen LogP) is 21.3. The highest BCUT2D eigenvalue weighted by Gasteiger charge is 2.52. The molecule has 3 heterocycles. The van der Waals surface area contributed by atoms with Gasteiger partial charge < -0.3 is 19.0 Å². The van der Waals surface area contributed by atoms with Crippen molar-refractivity contribution < 1.29 is 9.15 Å². The van der Waals surface area contributed by atoms with E-state index in [-0.39, 0.29) is 0 Å². The van der Waals surface area contributed by atoms with E-state index >= 15 is 0 Å². The molecule has 0 radical (unpaired) electrons. The first-order valence-electron chi connectivity index (χ1n) is 26.7. The quantitative estimate of drug-likeness (QED) is 0.152. The van der Waals surface area contributed by atoms with Gasteiger partial charge in [-0.2, -0.15) is 0 Å². The third-order valence-electron chi connectivity index (χ3n) is 16.1. The van der Waals surface area contributed by atoms with Crippen molar-refractivity contribution >= 4 is 99.2 Å². The van der Waals surface area contributed by atoms with Crippen molar-refractivity contribution in [2.75, 3.05) is 9.80 Å². The second-order valence-corrected chi connectivity index (χ2v) is 21.9. The summed E-state index contributed by atoms with van der Waals surface area (Å²) in [5, 5.41) is 5.28. The second-order valence-electron chi connectivity index (χ2n) is 20.4. The largest absolute Gasteiger partial charge is 0.457 e. The van der Waals surface area contributed by atoms with Crippen LogP contribution in [0.5, 0.6) is 11.5 Å². The fourth-order valence-electron chi connectivity index (χ4n) is 12.9. The standard InChI is InChI=1S/C73H45ClN2O2S/c74-48-36-38-58-57(42-48)70-61(31-19-32-62(70)76(50-26-11-4-12-27-50)52-43-55(46-20-5-1-6-21-46)72-56(44-52)53-28-13-16-33-64(53)78-72)73(58)59-30-15-17-34-65(59)77-66-45-51(37-39-60(66)73)75(49-24-9-3-10-25-49)63-40-41-68-71(54-29-14-18-35-67(54)79-68)69(63)47-22-7-2-8-23-47/h1-45H. The van der Waals surface area contributed by atoms with E-state index < -0.39 is 5.41 Å². The molecule has 0 bridgehead atoms. The number of hydrogen-bond acceptors (Lipinski definition) is 5. The van der Waals surface area contributed by atoms with E-state index in [9.17, 15) is 0 Å². The number of furan rings is 1. The molecule has 0 saturated carbocycles. The maximum Gasteiger partial charge on any atom is 0.143 e. The molecule has 2 aromatic heterocycles. The molecule has 1 unspecified atom stereocenters. The summed E-state index contributed by atoms with van der Waals surface area (Å²) in [7, 11) is 0. The van der Waals surface area contributed by atoms with Crippen LogP contribution in [0.4, 0.5) is 34.1 Å². The minimum absolute atomic E-state index is 0.666. The van der Waals surface area contributed by atoms with Crippen LogP contribution in [0.3, 0.4) is 0 Å². The summed E-state index contributed by atoms with van der Waals surface area (Å²) in [5.74, 6) is 1.59. The highest BCUT2D eigenvalue weighted by atomic mass is 35.5. The van der Waals surface area contributed by atoms with Gasteiger partial charge in [0.15, 0.2) is 0 Å². The van der Waals surface area contributed by atoms with Crippen LogP contribution in [0, 0.1) is 0 Å². The van der Waals surface area contributed by atoms with Crippen LogP contribution < -0.4 is 14.5 Å². The Morgan fingerprint density at radius 3 is 1.77 bits per heavy atom. The van der Waals surface area contributed by atoms with Crippen molar-refractivity contribution in [1.29, 1.82) is 0 Å². The lowest BCUT2D eigenvalue weighted by Crippen LogP contribution is -2.32. The summed E-state index contributed by atoms with van der Waals surface area (Å²) in [6.07, 6.45) is 0. The van der Waals surface area contributed by atoms with Crippen LogP contribution >= 0.6 is 22.9 Å². The Morgan fingerprint density at radius 2 is 0.987 bits per heavy atom. The molecule has 1 spiro atoms. The fourth-order valence-corrected chi connectivity index (χ4v) is 14.2. The number of fused-ring (bicyclic) bond motifs is 15. The number of halogens is 1. The van der Waals surface area contributed by atoms with Crippen LogP contribution in [0.25, 0.3) is 75.5 Å². The SMILES string of the molecule is Clc1ccc2c(c1)-c1c(N(c3ccccc3)c3cc(-c4ccccc4)c4oc5ccccc5c4c3)cccc1C21c2ccccc2Oc2cc(N(c3ccccc3)c3ccc4sc5ccccc5c4c3-c3ccccc3)ccc21. The van der Waals surface area contributed by atoms with Crippen molar-refractivity contribution in [2.45, 2.75) is 5.41 Å². The zero-order valence-corrected chi connectivity index (χ0v) is 44.1. The summed E-state index contributed by atoms with van der Waals surface area (Å²) in [6, 6.07) is 97.9. The number of rotatable bonds is 8. The molecule has 16 rings (SSSR count). The number of thiophene rings is 1. The fraction of sp³-hybridized carbons (Fsp3) is 0.0137. The Labute approximate surface area is 465 Å². The highest BCUT2D eigenvalue weighted by molar-refractivity contribution is 7.26. The average Bonchev–Trinajstić information content (AvgIpc) is 4.21. The van der Waals surface area contributed by atoms with Crippen molar-refractivity contribution in [2.24, 2.45) is 0 Å². The van der Waals surface area contributed by atoms with Crippen LogP contribution in [0.15, 0.2) is 277 Å². The van der Waals surface area contributed by atoms with Gasteiger partial charge in [0.05, 0.1) is 16.8 Å². The van der Waals surface area contributed by atoms with Crippen LogP contribution in [-0.4, -0.2) is 0 Å². The molecule has 1 atom stereocenters. The number of hydrogen-bond donors (Lipinski definition) is 0. The maximum atomic E-state index is 7.28. The van der Waals surface area contributed by atoms with Gasteiger partial charge in [-0.05, 0) is 119 Å². The summed E-state index contributed by atoms with van der Waals surface area (Å²) in [5.41, 5.74) is 18.1. The van der Waals surface area contributed by atoms with E-state index in [0.717, 1.165) is 118 Å². The minimum atomic E-state index is -0.808. The highest BCUT2D eigenvalue weighted by Crippen LogP contribution is 2.65. The summed E-state index contributed by atoms with van der Waals surface area (Å²) >= 11 is 9.06. The first-order chi connectivity index (χ1) is 39.1. The molecule has 6 heteroatoms. The molecule has 0 amide bonds. The smallest absolute Gasteiger partial charge is 0.143 e. The van der Waals surface area contributed by atoms with E-state index in [1.165, 1.54) is 25.7 Å². The summed E-state index contributed by atoms with van der Waals surface area (Å²) < 4.78 is 16.5. The third-order valence-corrected chi connectivity index (χ3v) is 17.5. The zero-order valence-electron chi connectivity index (χ0n) is 42.5. The van der Waals surface area contributed by atoms with Gasteiger partial charge in [0, 0.05) is 92.6 Å². The Morgan fingerprint density at radius 1 is 0.367 bits per heavy atom. The van der Waals surface area contributed by atoms with Gasteiger partial charge in [0.1, 0.15) is 22.7 Å². The molecule has 14 aromatic rings. The molecule has 0 N–H and O–H groups in total. The lowest BCUT2D eigenvalue weighted by atomic mass is 9.66. The first-order valence-corrected chi connectivity index (χ1v) is 27.9. The molecule has 1 aliphatic heterocycles. The normalized spacial score (nSPS) is 14.0. The number of ether oxygens (including phenoxy) is 1. The molecular weight excluding hydrogens is 1000 g/mol. The molecular formula is C73H45ClN2O2S. The molecule has 1 aliphatic carbocycles. The molecule has 12 aromatic carbocycles. The molecule has 0 saturated heterocycles. The number of benzene rings is 12. The number of para-hydroxylation sites is 4. The Balaban J connectivity index is 0.950. The van der Waals surface area contributed by atoms with E-state index in [2.05, 4.69) is 271 Å². The molecule has 372 valence electrons. The van der Waals surface area contributed by atoms with Crippen molar-refractivity contribution in [3.05, 3.63) is 300 Å². The van der Waals surface area contributed by atoms with Crippen molar-refractivity contribution in [3.63, 3.8) is 0 Å². The maximum absolute atomic E-state index is 7.28. The number of nitrogens with zero attached hydrogens (tertiary/aromatic N) is 2. The van der Waals surface area contributed by atoms with Crippen LogP contribution in [0.1, 0.15) is 22.3 Å². The third kappa shape index (κ3) is 6.93. The molecule has 79 heavy (non-hydrogen) atoms. The van der Waals surface area contributed by atoms with Gasteiger partial charge >= 0.3 is 0 Å². The Bertz CT molecular complexity index is 4730. The van der Waals surface area contributed by atoms with Crippen molar-refractivity contribution in [1.82, 2.24) is 0 Å². The van der Waals surface area contributed by atoms with Crippen molar-refractivity contribution in [3.8, 4) is 44.9 Å². The summed E-state index contributed by atoms with van der Waals surface area (Å²) in [4.78, 5) is 4.82. The predicted molar refractivity (Wildman–Crippen MR) is 329 cm³/mol. The Kier molecular flexibility index (Phi) is 10.4. The van der Waals surface area contributed by atoms with Gasteiger partial charge in [0.25, 0.3) is 0 Å². The van der Waals surface area contributed by atoms with E-state index in [1.807, 2.05) is 23.5 Å². The van der Waals surface area contributed by atoms with E-state index in [4.69, 9.17) is 20.8 Å². The molecule has 0 fully saturated rings. The van der Waals surface area contributed by atoms with E-state index in [1.54, 1.807) is 0 Å². The van der Waals surface area contributed by atoms with Gasteiger partial charge in [-0.15, -0.1) is 11.3 Å². The monoisotopic (exact) mass is 1050 g/mol. The first kappa shape index (κ1) is 45.5. The molecule has 4 nitrogen and oxygen atoms in total. The van der Waals surface area contributed by atoms with Gasteiger partial charge in [-0.3, -0.25) is 0 Å².